The zero-order chi connectivity index (χ0) is 11.3. The summed E-state index contributed by atoms with van der Waals surface area (Å²) in [6.07, 6.45) is -3.98. The van der Waals surface area contributed by atoms with E-state index in [0.717, 1.165) is 12.1 Å². The Hall–Kier alpha value is -1.23. The molecule has 1 aromatic carbocycles. The molecule has 0 aliphatic rings. The summed E-state index contributed by atoms with van der Waals surface area (Å²) < 4.78 is 41.5. The van der Waals surface area contributed by atoms with Gasteiger partial charge in [0.25, 0.3) is 0 Å². The highest BCUT2D eigenvalue weighted by Gasteiger charge is 2.29. The lowest BCUT2D eigenvalue weighted by atomic mass is 10.2. The van der Waals surface area contributed by atoms with E-state index in [1.165, 1.54) is 12.1 Å². The largest absolute Gasteiger partial charge is 0.494 e. The van der Waals surface area contributed by atoms with Gasteiger partial charge in [-0.1, -0.05) is 0 Å². The number of benzene rings is 1. The first-order valence-electron chi connectivity index (χ1n) is 4.42. The summed E-state index contributed by atoms with van der Waals surface area (Å²) in [6, 6.07) is 4.39. The van der Waals surface area contributed by atoms with Crippen molar-refractivity contribution < 1.29 is 23.0 Å². The molecule has 5 heteroatoms. The molecule has 0 spiro atoms. The Morgan fingerprint density at radius 1 is 1.13 bits per heavy atom. The number of ether oxygens (including phenoxy) is 1. The summed E-state index contributed by atoms with van der Waals surface area (Å²) in [5.74, 6) is 0.344. The molecule has 0 aliphatic heterocycles. The molecule has 0 amide bonds. The van der Waals surface area contributed by atoms with Crippen molar-refractivity contribution in [1.29, 1.82) is 0 Å². The van der Waals surface area contributed by atoms with Gasteiger partial charge in [-0.2, -0.15) is 13.2 Å². The van der Waals surface area contributed by atoms with Gasteiger partial charge in [0.1, 0.15) is 5.75 Å². The van der Waals surface area contributed by atoms with E-state index in [0.29, 0.717) is 12.2 Å². The fourth-order valence-electron chi connectivity index (χ4n) is 0.989. The van der Waals surface area contributed by atoms with Crippen LogP contribution in [-0.2, 0) is 11.3 Å². The van der Waals surface area contributed by atoms with E-state index in [9.17, 15) is 18.3 Å². The molecule has 0 heterocycles. The molecule has 0 saturated carbocycles. The second kappa shape index (κ2) is 5.02. The van der Waals surface area contributed by atoms with Crippen LogP contribution >= 0.6 is 0 Å². The van der Waals surface area contributed by atoms with Gasteiger partial charge in [0.15, 0.2) is 0 Å². The lowest BCUT2D eigenvalue weighted by molar-refractivity contribution is -0.137. The van der Waals surface area contributed by atoms with Gasteiger partial charge in [0.2, 0.25) is 0 Å². The normalized spacial score (nSPS) is 11.5. The quantitative estimate of drug-likeness (QED) is 0.716. The zero-order valence-electron chi connectivity index (χ0n) is 7.88. The molecule has 1 rings (SSSR count). The highest BCUT2D eigenvalue weighted by atomic mass is 19.4. The Kier molecular flexibility index (Phi) is 3.96. The molecule has 0 fully saturated rings. The molecule has 83 valence electrons. The van der Waals surface area contributed by atoms with Gasteiger partial charge in [-0.3, -0.25) is 0 Å². The molecule has 0 unspecified atom stereocenters. The van der Waals surface area contributed by atoms with Crippen LogP contribution < -0.4 is 4.74 Å². The lowest BCUT2D eigenvalue weighted by Gasteiger charge is -2.08. The van der Waals surface area contributed by atoms with Crippen molar-refractivity contribution in [2.45, 2.75) is 12.6 Å². The molecule has 0 bridgehead atoms. The number of alkyl halides is 3. The third kappa shape index (κ3) is 3.79. The van der Waals surface area contributed by atoms with Crippen molar-refractivity contribution in [3.63, 3.8) is 0 Å². The van der Waals surface area contributed by atoms with Crippen molar-refractivity contribution >= 4 is 0 Å². The zero-order valence-corrected chi connectivity index (χ0v) is 7.88. The van der Waals surface area contributed by atoms with Gasteiger partial charge in [-0.25, -0.2) is 5.11 Å². The Bertz CT molecular complexity index is 293. The van der Waals surface area contributed by atoms with Gasteiger partial charge in [0.05, 0.1) is 18.8 Å². The van der Waals surface area contributed by atoms with Crippen LogP contribution in [-0.4, -0.2) is 13.2 Å². The average Bonchev–Trinajstić information content (AvgIpc) is 2.18. The third-order valence-corrected chi connectivity index (χ3v) is 1.74. The Morgan fingerprint density at radius 2 is 1.73 bits per heavy atom. The van der Waals surface area contributed by atoms with Crippen LogP contribution in [0.4, 0.5) is 13.2 Å². The minimum atomic E-state index is -4.33. The molecule has 1 radical (unpaired) electrons. The van der Waals surface area contributed by atoms with Crippen LogP contribution in [0.15, 0.2) is 24.3 Å². The molecule has 0 aromatic heterocycles. The second-order valence-corrected chi connectivity index (χ2v) is 2.93. The van der Waals surface area contributed by atoms with Crippen LogP contribution in [0.5, 0.6) is 5.75 Å². The average molecular weight is 219 g/mol. The third-order valence-electron chi connectivity index (χ3n) is 1.74. The molecule has 0 N–H and O–H groups in total. The maximum atomic E-state index is 12.1. The van der Waals surface area contributed by atoms with E-state index in [4.69, 9.17) is 4.74 Å². The summed E-state index contributed by atoms with van der Waals surface area (Å²) >= 11 is 0. The minimum Gasteiger partial charge on any atom is -0.494 e. The summed E-state index contributed by atoms with van der Waals surface area (Å²) in [6.45, 7) is -0.0184. The number of hydrogen-bond donors (Lipinski definition) is 0. The van der Waals surface area contributed by atoms with Crippen LogP contribution in [0.2, 0.25) is 0 Å². The summed E-state index contributed by atoms with van der Waals surface area (Å²) in [7, 11) is 0. The SMILES string of the molecule is [O]CCCOc1ccc(C(F)(F)F)cc1. The van der Waals surface area contributed by atoms with Gasteiger partial charge >= 0.3 is 6.18 Å². The highest BCUT2D eigenvalue weighted by Crippen LogP contribution is 2.30. The standard InChI is InChI=1S/C10H10F3O2/c11-10(12,13)8-2-4-9(5-3-8)15-7-1-6-14/h2-5H,1,6-7H2. The Balaban J connectivity index is 2.57. The maximum absolute atomic E-state index is 12.1. The van der Waals surface area contributed by atoms with Crippen molar-refractivity contribution in [3.05, 3.63) is 29.8 Å². The Morgan fingerprint density at radius 3 is 2.20 bits per heavy atom. The molecule has 0 saturated heterocycles. The predicted octanol–water partition coefficient (Wildman–Crippen LogP) is 2.90. The monoisotopic (exact) mass is 219 g/mol. The van der Waals surface area contributed by atoms with E-state index in [1.54, 1.807) is 0 Å². The van der Waals surface area contributed by atoms with Gasteiger partial charge < -0.3 is 4.74 Å². The number of hydrogen-bond acceptors (Lipinski definition) is 1. The lowest BCUT2D eigenvalue weighted by Crippen LogP contribution is -2.05. The van der Waals surface area contributed by atoms with E-state index >= 15 is 0 Å². The Labute approximate surface area is 85.3 Å². The second-order valence-electron chi connectivity index (χ2n) is 2.93. The van der Waals surface area contributed by atoms with Gasteiger partial charge in [-0.05, 0) is 24.3 Å². The van der Waals surface area contributed by atoms with Crippen LogP contribution in [0.25, 0.3) is 0 Å². The number of halogens is 3. The molecule has 15 heavy (non-hydrogen) atoms. The molecular weight excluding hydrogens is 209 g/mol. The molecule has 0 aliphatic carbocycles. The van der Waals surface area contributed by atoms with E-state index < -0.39 is 11.7 Å². The van der Waals surface area contributed by atoms with E-state index in [1.807, 2.05) is 0 Å². The summed E-state index contributed by atoms with van der Waals surface area (Å²) in [4.78, 5) is 0. The summed E-state index contributed by atoms with van der Waals surface area (Å²) in [5.41, 5.74) is -0.710. The molecule has 1 aromatic rings. The van der Waals surface area contributed by atoms with Gasteiger partial charge in [0, 0.05) is 6.42 Å². The van der Waals surface area contributed by atoms with E-state index in [2.05, 4.69) is 0 Å². The highest BCUT2D eigenvalue weighted by molar-refractivity contribution is 5.28. The van der Waals surface area contributed by atoms with Crippen molar-refractivity contribution in [2.75, 3.05) is 13.2 Å². The maximum Gasteiger partial charge on any atom is 0.416 e. The number of rotatable bonds is 4. The van der Waals surface area contributed by atoms with Crippen LogP contribution in [0, 0.1) is 0 Å². The summed E-state index contributed by atoms with van der Waals surface area (Å²) in [5, 5.41) is 10.1. The first kappa shape index (κ1) is 11.8. The van der Waals surface area contributed by atoms with Crippen LogP contribution in [0.3, 0.4) is 0 Å². The first-order chi connectivity index (χ1) is 7.04. The topological polar surface area (TPSA) is 29.1 Å². The molecular formula is C10H10F3O2. The molecule has 0 atom stereocenters. The fraction of sp³-hybridized carbons (Fsp3) is 0.400. The van der Waals surface area contributed by atoms with Gasteiger partial charge in [-0.15, -0.1) is 0 Å². The van der Waals surface area contributed by atoms with Crippen LogP contribution in [0.1, 0.15) is 12.0 Å². The van der Waals surface area contributed by atoms with Crippen molar-refractivity contribution in [2.24, 2.45) is 0 Å². The minimum absolute atomic E-state index is 0.231. The smallest absolute Gasteiger partial charge is 0.416 e. The predicted molar refractivity (Wildman–Crippen MR) is 47.1 cm³/mol. The first-order valence-corrected chi connectivity index (χ1v) is 4.42. The fourth-order valence-corrected chi connectivity index (χ4v) is 0.989. The van der Waals surface area contributed by atoms with Crippen molar-refractivity contribution in [3.8, 4) is 5.75 Å². The molecule has 2 nitrogen and oxygen atoms in total. The van der Waals surface area contributed by atoms with Crippen molar-refractivity contribution in [1.82, 2.24) is 0 Å². The van der Waals surface area contributed by atoms with E-state index in [-0.39, 0.29) is 13.2 Å².